The number of benzene rings is 1. The number of rotatable bonds is 5. The molecule has 1 aromatic carbocycles. The number of amides is 1. The van der Waals surface area contributed by atoms with Crippen molar-refractivity contribution in [2.45, 2.75) is 6.92 Å². The Morgan fingerprint density at radius 3 is 2.55 bits per heavy atom. The van der Waals surface area contributed by atoms with Crippen LogP contribution >= 0.6 is 12.2 Å². The molecule has 1 heterocycles. The second kappa shape index (κ2) is 6.57. The van der Waals surface area contributed by atoms with Gasteiger partial charge in [-0.25, -0.2) is 0 Å². The number of carbonyl (C=O) groups excluding carboxylic acids is 2. The van der Waals surface area contributed by atoms with E-state index in [2.05, 4.69) is 10.6 Å². The Balaban J connectivity index is 2.01. The SMILES string of the molecule is CC(=O)c1ccc(NCN2C(=O)C(=CN(C)C)NC2=S)cc1. The average molecular weight is 318 g/mol. The fourth-order valence-corrected chi connectivity index (χ4v) is 2.21. The summed E-state index contributed by atoms with van der Waals surface area (Å²) in [5.41, 5.74) is 1.91. The third kappa shape index (κ3) is 3.62. The van der Waals surface area contributed by atoms with Gasteiger partial charge in [-0.15, -0.1) is 0 Å². The van der Waals surface area contributed by atoms with Crippen molar-refractivity contribution in [2.24, 2.45) is 0 Å². The quantitative estimate of drug-likeness (QED) is 0.486. The highest BCUT2D eigenvalue weighted by atomic mass is 32.1. The molecule has 7 heteroatoms. The van der Waals surface area contributed by atoms with Crippen molar-refractivity contribution >= 4 is 34.7 Å². The van der Waals surface area contributed by atoms with Gasteiger partial charge in [-0.1, -0.05) is 0 Å². The van der Waals surface area contributed by atoms with Crippen LogP contribution < -0.4 is 10.6 Å². The number of nitrogens with one attached hydrogen (secondary N) is 2. The predicted octanol–water partition coefficient (Wildman–Crippen LogP) is 1.38. The second-order valence-corrected chi connectivity index (χ2v) is 5.52. The molecule has 0 atom stereocenters. The molecular formula is C15H18N4O2S. The summed E-state index contributed by atoms with van der Waals surface area (Å²) in [5, 5.41) is 6.37. The van der Waals surface area contributed by atoms with Gasteiger partial charge >= 0.3 is 0 Å². The highest BCUT2D eigenvalue weighted by Crippen LogP contribution is 2.13. The van der Waals surface area contributed by atoms with Crippen molar-refractivity contribution < 1.29 is 9.59 Å². The lowest BCUT2D eigenvalue weighted by atomic mass is 10.1. The first-order valence-corrected chi connectivity index (χ1v) is 7.15. The first-order valence-electron chi connectivity index (χ1n) is 6.74. The molecule has 1 saturated heterocycles. The van der Waals surface area contributed by atoms with E-state index in [0.717, 1.165) is 5.69 Å². The van der Waals surface area contributed by atoms with Gasteiger partial charge < -0.3 is 15.5 Å². The maximum Gasteiger partial charge on any atom is 0.279 e. The summed E-state index contributed by atoms with van der Waals surface area (Å²) in [5.74, 6) is -0.156. The van der Waals surface area contributed by atoms with E-state index in [1.807, 2.05) is 14.1 Å². The molecule has 0 radical (unpaired) electrons. The summed E-state index contributed by atoms with van der Waals surface area (Å²) in [7, 11) is 3.67. The fraction of sp³-hybridized carbons (Fsp3) is 0.267. The molecule has 1 aliphatic rings. The van der Waals surface area contributed by atoms with Crippen LogP contribution in [0.25, 0.3) is 0 Å². The van der Waals surface area contributed by atoms with E-state index in [0.29, 0.717) is 16.4 Å². The Morgan fingerprint density at radius 1 is 1.36 bits per heavy atom. The van der Waals surface area contributed by atoms with Gasteiger partial charge in [0.25, 0.3) is 5.91 Å². The van der Waals surface area contributed by atoms with E-state index in [4.69, 9.17) is 12.2 Å². The van der Waals surface area contributed by atoms with Crippen LogP contribution in [0.4, 0.5) is 5.69 Å². The van der Waals surface area contributed by atoms with E-state index in [9.17, 15) is 9.59 Å². The minimum atomic E-state index is -0.174. The molecule has 22 heavy (non-hydrogen) atoms. The van der Waals surface area contributed by atoms with Crippen molar-refractivity contribution in [1.82, 2.24) is 15.1 Å². The van der Waals surface area contributed by atoms with E-state index in [1.165, 1.54) is 11.8 Å². The smallest absolute Gasteiger partial charge is 0.279 e. The van der Waals surface area contributed by atoms with Gasteiger partial charge in [0.05, 0.1) is 6.67 Å². The topological polar surface area (TPSA) is 64.7 Å². The number of hydrogen-bond acceptors (Lipinski definition) is 5. The van der Waals surface area contributed by atoms with Gasteiger partial charge in [0.15, 0.2) is 10.9 Å². The summed E-state index contributed by atoms with van der Waals surface area (Å²) < 4.78 is 0. The van der Waals surface area contributed by atoms with Crippen LogP contribution in [0, 0.1) is 0 Å². The molecule has 0 unspecified atom stereocenters. The molecule has 0 spiro atoms. The van der Waals surface area contributed by atoms with E-state index >= 15 is 0 Å². The zero-order valence-corrected chi connectivity index (χ0v) is 13.5. The molecule has 1 fully saturated rings. The Morgan fingerprint density at radius 2 is 2.00 bits per heavy atom. The summed E-state index contributed by atoms with van der Waals surface area (Å²) in [4.78, 5) is 26.7. The predicted molar refractivity (Wildman–Crippen MR) is 89.3 cm³/mol. The molecule has 0 saturated carbocycles. The molecule has 2 N–H and O–H groups in total. The van der Waals surface area contributed by atoms with Crippen molar-refractivity contribution in [3.63, 3.8) is 0 Å². The Kier molecular flexibility index (Phi) is 4.77. The molecular weight excluding hydrogens is 300 g/mol. The first-order chi connectivity index (χ1) is 10.4. The number of Topliss-reactive ketones (excluding diaryl/α,β-unsaturated/α-hetero) is 1. The maximum atomic E-state index is 12.2. The van der Waals surface area contributed by atoms with Gasteiger partial charge in [-0.2, -0.15) is 0 Å². The molecule has 2 rings (SSSR count). The Hall–Kier alpha value is -2.41. The molecule has 6 nitrogen and oxygen atoms in total. The first kappa shape index (κ1) is 16.0. The largest absolute Gasteiger partial charge is 0.382 e. The summed E-state index contributed by atoms with van der Waals surface area (Å²) in [6, 6.07) is 7.07. The van der Waals surface area contributed by atoms with Crippen LogP contribution in [-0.4, -0.2) is 47.4 Å². The number of carbonyl (C=O) groups is 2. The number of hydrogen-bond donors (Lipinski definition) is 2. The average Bonchev–Trinajstić information content (AvgIpc) is 2.71. The van der Waals surface area contributed by atoms with Crippen LogP contribution in [-0.2, 0) is 4.79 Å². The molecule has 0 aliphatic carbocycles. The van der Waals surface area contributed by atoms with Crippen LogP contribution in [0.1, 0.15) is 17.3 Å². The number of ketones is 1. The highest BCUT2D eigenvalue weighted by Gasteiger charge is 2.30. The van der Waals surface area contributed by atoms with Gasteiger partial charge in [0.2, 0.25) is 0 Å². The minimum absolute atomic E-state index is 0.0186. The minimum Gasteiger partial charge on any atom is -0.382 e. The Labute approximate surface area is 134 Å². The molecule has 1 aromatic rings. The van der Waals surface area contributed by atoms with E-state index in [-0.39, 0.29) is 18.4 Å². The number of nitrogens with zero attached hydrogens (tertiary/aromatic N) is 2. The number of thiocarbonyl (C=S) groups is 1. The second-order valence-electron chi connectivity index (χ2n) is 5.14. The van der Waals surface area contributed by atoms with E-state index < -0.39 is 0 Å². The summed E-state index contributed by atoms with van der Waals surface area (Å²) in [6.07, 6.45) is 1.69. The fourth-order valence-electron chi connectivity index (χ4n) is 1.96. The van der Waals surface area contributed by atoms with Crippen LogP contribution in [0.2, 0.25) is 0 Å². The molecule has 0 bridgehead atoms. The van der Waals surface area contributed by atoms with Gasteiger partial charge in [-0.3, -0.25) is 14.5 Å². The Bertz CT molecular complexity index is 637. The van der Waals surface area contributed by atoms with Gasteiger partial charge in [0.1, 0.15) is 5.70 Å². The standard InChI is InChI=1S/C15H18N4O2S/c1-10(20)11-4-6-12(7-5-11)16-9-19-14(21)13(8-18(2)3)17-15(19)22/h4-8,16H,9H2,1-3H3,(H,17,22). The van der Waals surface area contributed by atoms with Gasteiger partial charge in [0, 0.05) is 31.5 Å². The lowest BCUT2D eigenvalue weighted by Crippen LogP contribution is -2.35. The molecule has 1 aliphatic heterocycles. The monoisotopic (exact) mass is 318 g/mol. The van der Waals surface area contributed by atoms with Crippen molar-refractivity contribution in [2.75, 3.05) is 26.1 Å². The zero-order chi connectivity index (χ0) is 16.3. The normalized spacial score (nSPS) is 16.0. The van der Waals surface area contributed by atoms with Crippen LogP contribution in [0.3, 0.4) is 0 Å². The van der Waals surface area contributed by atoms with Crippen LogP contribution in [0.15, 0.2) is 36.2 Å². The maximum absolute atomic E-state index is 12.2. The van der Waals surface area contributed by atoms with Crippen molar-refractivity contribution in [3.8, 4) is 0 Å². The number of anilines is 1. The van der Waals surface area contributed by atoms with Crippen LogP contribution in [0.5, 0.6) is 0 Å². The van der Waals surface area contributed by atoms with E-state index in [1.54, 1.807) is 35.4 Å². The zero-order valence-electron chi connectivity index (χ0n) is 12.7. The summed E-state index contributed by atoms with van der Waals surface area (Å²) in [6.45, 7) is 1.78. The lowest BCUT2D eigenvalue weighted by molar-refractivity contribution is -0.122. The molecule has 0 aromatic heterocycles. The van der Waals surface area contributed by atoms with Crippen molar-refractivity contribution in [1.29, 1.82) is 0 Å². The highest BCUT2D eigenvalue weighted by molar-refractivity contribution is 7.80. The molecule has 1 amide bonds. The third-order valence-electron chi connectivity index (χ3n) is 3.08. The third-order valence-corrected chi connectivity index (χ3v) is 3.40. The summed E-state index contributed by atoms with van der Waals surface area (Å²) >= 11 is 5.17. The molecule has 116 valence electrons. The lowest BCUT2D eigenvalue weighted by Gasteiger charge is -2.16. The van der Waals surface area contributed by atoms with Crippen molar-refractivity contribution in [3.05, 3.63) is 41.7 Å². The van der Waals surface area contributed by atoms with Gasteiger partial charge in [-0.05, 0) is 43.4 Å².